The Balaban J connectivity index is 1.91. The van der Waals surface area contributed by atoms with Gasteiger partial charge in [0.05, 0.1) is 0 Å². The first-order chi connectivity index (χ1) is 6.98. The Kier molecular flexibility index (Phi) is 2.78. The number of carbonyl (C=O) groups is 1. The number of nitrogens with one attached hydrogen (secondary N) is 1. The van der Waals surface area contributed by atoms with Crippen LogP contribution in [0.4, 0.5) is 0 Å². The first kappa shape index (κ1) is 11.0. The molecule has 1 unspecified atom stereocenters. The fraction of sp³-hybridized carbons (Fsp3) is 0.923. The molecule has 1 N–H and O–H groups in total. The molecule has 0 aromatic rings. The van der Waals surface area contributed by atoms with Gasteiger partial charge in [-0.25, -0.2) is 0 Å². The van der Waals surface area contributed by atoms with E-state index in [2.05, 4.69) is 26.1 Å². The predicted octanol–water partition coefficient (Wildman–Crippen LogP) is 2.73. The van der Waals surface area contributed by atoms with Crippen LogP contribution in [0, 0.1) is 17.3 Å². The zero-order valence-electron chi connectivity index (χ0n) is 10.2. The van der Waals surface area contributed by atoms with Crippen LogP contribution in [0.5, 0.6) is 0 Å². The molecule has 2 fully saturated rings. The molecule has 2 saturated carbocycles. The molecule has 2 aliphatic carbocycles. The van der Waals surface area contributed by atoms with E-state index in [1.165, 1.54) is 19.3 Å². The zero-order chi connectivity index (χ0) is 11.1. The van der Waals surface area contributed by atoms with Crippen LogP contribution < -0.4 is 5.32 Å². The van der Waals surface area contributed by atoms with E-state index in [0.29, 0.717) is 17.9 Å². The Morgan fingerprint density at radius 3 is 2.13 bits per heavy atom. The summed E-state index contributed by atoms with van der Waals surface area (Å²) in [5.74, 6) is 1.38. The smallest absolute Gasteiger partial charge is 0.223 e. The van der Waals surface area contributed by atoms with Crippen molar-refractivity contribution in [1.82, 2.24) is 5.32 Å². The van der Waals surface area contributed by atoms with Crippen molar-refractivity contribution in [3.63, 3.8) is 0 Å². The molecule has 1 atom stereocenters. The van der Waals surface area contributed by atoms with Crippen molar-refractivity contribution < 1.29 is 4.79 Å². The monoisotopic (exact) mass is 209 g/mol. The fourth-order valence-corrected chi connectivity index (χ4v) is 2.41. The summed E-state index contributed by atoms with van der Waals surface area (Å²) in [5.41, 5.74) is 0.209. The SMILES string of the molecule is CC(C)(C)C(NC(=O)C1CCC1)C1CC1. The highest BCUT2D eigenvalue weighted by Crippen LogP contribution is 2.40. The summed E-state index contributed by atoms with van der Waals surface area (Å²) in [6.45, 7) is 6.70. The normalized spacial score (nSPS) is 24.5. The van der Waals surface area contributed by atoms with Gasteiger partial charge in [0.25, 0.3) is 0 Å². The lowest BCUT2D eigenvalue weighted by molar-refractivity contribution is -0.129. The van der Waals surface area contributed by atoms with Gasteiger partial charge in [-0.1, -0.05) is 27.2 Å². The Hall–Kier alpha value is -0.530. The summed E-state index contributed by atoms with van der Waals surface area (Å²) in [7, 11) is 0. The molecule has 0 bridgehead atoms. The van der Waals surface area contributed by atoms with Crippen molar-refractivity contribution in [1.29, 1.82) is 0 Å². The minimum absolute atomic E-state index is 0.209. The average molecular weight is 209 g/mol. The summed E-state index contributed by atoms with van der Waals surface area (Å²) < 4.78 is 0. The Bertz CT molecular complexity index is 246. The van der Waals surface area contributed by atoms with E-state index in [4.69, 9.17) is 0 Å². The van der Waals surface area contributed by atoms with E-state index >= 15 is 0 Å². The summed E-state index contributed by atoms with van der Waals surface area (Å²) in [4.78, 5) is 11.9. The van der Waals surface area contributed by atoms with E-state index in [-0.39, 0.29) is 5.41 Å². The van der Waals surface area contributed by atoms with Gasteiger partial charge in [0, 0.05) is 12.0 Å². The molecule has 0 aromatic carbocycles. The zero-order valence-corrected chi connectivity index (χ0v) is 10.2. The number of hydrogen-bond acceptors (Lipinski definition) is 1. The molecule has 0 heterocycles. The van der Waals surface area contributed by atoms with E-state index in [1.807, 2.05) is 0 Å². The molecule has 0 aromatic heterocycles. The molecule has 86 valence electrons. The van der Waals surface area contributed by atoms with E-state index in [1.54, 1.807) is 0 Å². The van der Waals surface area contributed by atoms with Gasteiger partial charge in [-0.3, -0.25) is 4.79 Å². The highest BCUT2D eigenvalue weighted by molar-refractivity contribution is 5.79. The van der Waals surface area contributed by atoms with Gasteiger partial charge in [-0.15, -0.1) is 0 Å². The molecule has 2 nitrogen and oxygen atoms in total. The molecule has 0 aliphatic heterocycles. The third kappa shape index (κ3) is 2.53. The molecule has 0 saturated heterocycles. The molecule has 1 amide bonds. The Morgan fingerprint density at radius 1 is 1.20 bits per heavy atom. The van der Waals surface area contributed by atoms with E-state index in [9.17, 15) is 4.79 Å². The minimum atomic E-state index is 0.209. The van der Waals surface area contributed by atoms with Crippen LogP contribution in [-0.2, 0) is 4.79 Å². The third-order valence-electron chi connectivity index (χ3n) is 3.80. The summed E-state index contributed by atoms with van der Waals surface area (Å²) >= 11 is 0. The third-order valence-corrected chi connectivity index (χ3v) is 3.80. The number of rotatable bonds is 3. The van der Waals surface area contributed by atoms with Crippen molar-refractivity contribution >= 4 is 5.91 Å². The Morgan fingerprint density at radius 2 is 1.80 bits per heavy atom. The second-order valence-electron chi connectivity index (χ2n) is 6.32. The van der Waals surface area contributed by atoms with Gasteiger partial charge in [0.1, 0.15) is 0 Å². The largest absolute Gasteiger partial charge is 0.352 e. The van der Waals surface area contributed by atoms with Gasteiger partial charge in [0.2, 0.25) is 5.91 Å². The van der Waals surface area contributed by atoms with Crippen LogP contribution >= 0.6 is 0 Å². The molecule has 0 radical (unpaired) electrons. The molecule has 15 heavy (non-hydrogen) atoms. The van der Waals surface area contributed by atoms with Crippen LogP contribution in [0.2, 0.25) is 0 Å². The number of carbonyl (C=O) groups excluding carboxylic acids is 1. The van der Waals surface area contributed by atoms with Crippen molar-refractivity contribution in [2.45, 2.75) is 58.9 Å². The van der Waals surface area contributed by atoms with Gasteiger partial charge >= 0.3 is 0 Å². The van der Waals surface area contributed by atoms with Crippen LogP contribution in [0.25, 0.3) is 0 Å². The van der Waals surface area contributed by atoms with Crippen LogP contribution in [0.15, 0.2) is 0 Å². The molecule has 2 heteroatoms. The maximum absolute atomic E-state index is 11.9. The standard InChI is InChI=1S/C13H23NO/c1-13(2,3)11(9-7-8-9)14-12(15)10-5-4-6-10/h9-11H,4-8H2,1-3H3,(H,14,15). The second-order valence-corrected chi connectivity index (χ2v) is 6.32. The molecule has 0 spiro atoms. The summed E-state index contributed by atoms with van der Waals surface area (Å²) in [6.07, 6.45) is 6.04. The number of amides is 1. The first-order valence-corrected chi connectivity index (χ1v) is 6.29. The van der Waals surface area contributed by atoms with Crippen molar-refractivity contribution in [2.75, 3.05) is 0 Å². The van der Waals surface area contributed by atoms with Crippen molar-refractivity contribution in [3.8, 4) is 0 Å². The maximum atomic E-state index is 11.9. The summed E-state index contributed by atoms with van der Waals surface area (Å²) in [6, 6.07) is 0.394. The molecule has 2 rings (SSSR count). The van der Waals surface area contributed by atoms with Crippen molar-refractivity contribution in [2.24, 2.45) is 17.3 Å². The molecular formula is C13H23NO. The van der Waals surface area contributed by atoms with Crippen molar-refractivity contribution in [3.05, 3.63) is 0 Å². The Labute approximate surface area is 92.8 Å². The summed E-state index contributed by atoms with van der Waals surface area (Å²) in [5, 5.41) is 3.28. The minimum Gasteiger partial charge on any atom is -0.352 e. The fourth-order valence-electron chi connectivity index (χ4n) is 2.41. The maximum Gasteiger partial charge on any atom is 0.223 e. The average Bonchev–Trinajstić information content (AvgIpc) is 2.76. The van der Waals surface area contributed by atoms with Crippen LogP contribution in [0.1, 0.15) is 52.9 Å². The molecule has 2 aliphatic rings. The van der Waals surface area contributed by atoms with Gasteiger partial charge in [-0.2, -0.15) is 0 Å². The lowest BCUT2D eigenvalue weighted by atomic mass is 9.81. The molecular weight excluding hydrogens is 186 g/mol. The topological polar surface area (TPSA) is 29.1 Å². The highest BCUT2D eigenvalue weighted by atomic mass is 16.2. The van der Waals surface area contributed by atoms with E-state index in [0.717, 1.165) is 18.8 Å². The van der Waals surface area contributed by atoms with Gasteiger partial charge < -0.3 is 5.32 Å². The lowest BCUT2D eigenvalue weighted by Crippen LogP contribution is -2.48. The van der Waals surface area contributed by atoms with Crippen LogP contribution in [-0.4, -0.2) is 11.9 Å². The second kappa shape index (κ2) is 3.80. The highest BCUT2D eigenvalue weighted by Gasteiger charge is 2.40. The lowest BCUT2D eigenvalue weighted by Gasteiger charge is -2.34. The first-order valence-electron chi connectivity index (χ1n) is 6.29. The quantitative estimate of drug-likeness (QED) is 0.761. The van der Waals surface area contributed by atoms with Gasteiger partial charge in [0.15, 0.2) is 0 Å². The predicted molar refractivity (Wildman–Crippen MR) is 61.5 cm³/mol. The van der Waals surface area contributed by atoms with Gasteiger partial charge in [-0.05, 0) is 37.0 Å². The number of hydrogen-bond donors (Lipinski definition) is 1. The van der Waals surface area contributed by atoms with E-state index < -0.39 is 0 Å². The van der Waals surface area contributed by atoms with Crippen LogP contribution in [0.3, 0.4) is 0 Å².